The van der Waals surface area contributed by atoms with Gasteiger partial charge in [0.25, 0.3) is 0 Å². The van der Waals surface area contributed by atoms with E-state index in [1.165, 1.54) is 72.8 Å². The quantitative estimate of drug-likeness (QED) is 0.143. The molecule has 4 aromatic carbocycles. The van der Waals surface area contributed by atoms with E-state index in [4.69, 9.17) is 28.3 Å². The number of nitrogens with zero attached hydrogens (tertiary/aromatic N) is 4. The van der Waals surface area contributed by atoms with Crippen molar-refractivity contribution in [1.29, 1.82) is 10.8 Å². The Morgan fingerprint density at radius 1 is 0.512 bits per heavy atom. The average Bonchev–Trinajstić information content (AvgIpc) is 2.97. The van der Waals surface area contributed by atoms with Crippen LogP contribution < -0.4 is 0 Å². The van der Waals surface area contributed by atoms with Crippen LogP contribution in [0.25, 0.3) is 9.95 Å². The Bertz CT molecular complexity index is 1950. The van der Waals surface area contributed by atoms with Gasteiger partial charge in [-0.2, -0.15) is 0 Å². The third kappa shape index (κ3) is 5.58. The average molecular weight is 599 g/mol. The van der Waals surface area contributed by atoms with E-state index in [-0.39, 0.29) is 67.4 Å². The first kappa shape index (κ1) is 29.8. The molecule has 0 aliphatic heterocycles. The van der Waals surface area contributed by atoms with E-state index in [9.17, 15) is 29.4 Å². The van der Waals surface area contributed by atoms with Gasteiger partial charge in [0.2, 0.25) is 22.4 Å². The van der Waals surface area contributed by atoms with Crippen molar-refractivity contribution in [3.8, 4) is 11.5 Å². The van der Waals surface area contributed by atoms with Gasteiger partial charge in [-0.1, -0.05) is 36.4 Å². The molecule has 6 rings (SSSR count). The summed E-state index contributed by atoms with van der Waals surface area (Å²) in [6.07, 6.45) is 0. The Morgan fingerprint density at radius 2 is 0.767 bits per heavy atom. The van der Waals surface area contributed by atoms with Crippen LogP contribution in [0.3, 0.4) is 0 Å². The Hall–Kier alpha value is -6.13. The smallest absolute Gasteiger partial charge is 0.396 e. The lowest BCUT2D eigenvalue weighted by atomic mass is 9.83. The first-order valence-corrected chi connectivity index (χ1v) is 13.1. The van der Waals surface area contributed by atoms with Gasteiger partial charge in [0.1, 0.15) is 22.6 Å². The fourth-order valence-electron chi connectivity index (χ4n) is 4.58. The number of aromatic hydroxyl groups is 2. The van der Waals surface area contributed by atoms with E-state index >= 15 is 0 Å². The van der Waals surface area contributed by atoms with Gasteiger partial charge in [-0.3, -0.25) is 27.6 Å². The van der Waals surface area contributed by atoms with Crippen LogP contribution in [0.5, 0.6) is 11.5 Å². The standard InChI is InChI=1S/2C14H6N2O3.H2O4S/c2*15-16-9-5-1-3-7-11(9)13(18)8-4-2-6-10(17)12(8)14(7)19;1-5(2,3)4/h2*1-6H;(H2,1,2,3,4). The van der Waals surface area contributed by atoms with Gasteiger partial charge in [0.05, 0.1) is 11.1 Å². The highest BCUT2D eigenvalue weighted by molar-refractivity contribution is 7.79. The van der Waals surface area contributed by atoms with Gasteiger partial charge < -0.3 is 19.3 Å². The molecule has 2 aliphatic carbocycles. The van der Waals surface area contributed by atoms with E-state index in [0.29, 0.717) is 0 Å². The van der Waals surface area contributed by atoms with Crippen molar-refractivity contribution >= 4 is 44.9 Å². The lowest BCUT2D eigenvalue weighted by Gasteiger charge is -2.16. The molecule has 0 unspecified atom stereocenters. The molecule has 212 valence electrons. The van der Waals surface area contributed by atoms with Gasteiger partial charge in [0, 0.05) is 44.8 Å². The minimum absolute atomic E-state index is 0.00455. The van der Waals surface area contributed by atoms with E-state index in [1.807, 2.05) is 0 Å². The monoisotopic (exact) mass is 598 g/mol. The Labute approximate surface area is 241 Å². The van der Waals surface area contributed by atoms with E-state index < -0.39 is 33.5 Å². The minimum Gasteiger partial charge on any atom is -0.759 e. The Morgan fingerprint density at radius 3 is 1.07 bits per heavy atom. The van der Waals surface area contributed by atoms with Crippen molar-refractivity contribution in [3.63, 3.8) is 0 Å². The van der Waals surface area contributed by atoms with Crippen molar-refractivity contribution in [2.45, 2.75) is 0 Å². The molecule has 2 N–H and O–H groups in total. The molecule has 0 radical (unpaired) electrons. The number of hydrogen-bond acceptors (Lipinski definition) is 12. The van der Waals surface area contributed by atoms with Crippen LogP contribution in [0.4, 0.5) is 11.4 Å². The first-order valence-electron chi connectivity index (χ1n) is 11.8. The maximum Gasteiger partial charge on any atom is 0.396 e. The molecule has 0 heterocycles. The van der Waals surface area contributed by atoms with E-state index in [1.54, 1.807) is 0 Å². The molecule has 2 aliphatic rings. The predicted molar refractivity (Wildman–Crippen MR) is 143 cm³/mol. The molecule has 15 heteroatoms. The zero-order chi connectivity index (χ0) is 31.6. The highest BCUT2D eigenvalue weighted by atomic mass is 32.3. The number of carbonyl (C=O) groups excluding carboxylic acids is 4. The molecule has 0 spiro atoms. The maximum atomic E-state index is 12.4. The summed E-state index contributed by atoms with van der Waals surface area (Å²) in [6.45, 7) is 0. The molecular formula is C28H14N4O10S. The molecule has 4 aromatic rings. The van der Waals surface area contributed by atoms with Crippen LogP contribution in [-0.2, 0) is 10.4 Å². The maximum absolute atomic E-state index is 12.4. The van der Waals surface area contributed by atoms with Gasteiger partial charge in [0.15, 0.2) is 21.5 Å². The van der Waals surface area contributed by atoms with Gasteiger partial charge in [-0.15, -0.1) is 0 Å². The molecule has 0 fully saturated rings. The van der Waals surface area contributed by atoms with Crippen LogP contribution in [0, 0.1) is 10.8 Å². The topological polar surface area (TPSA) is 245 Å². The highest BCUT2D eigenvalue weighted by Crippen LogP contribution is 2.37. The Balaban J connectivity index is 0.000000171. The van der Waals surface area contributed by atoms with Crippen molar-refractivity contribution < 1.29 is 46.9 Å². The van der Waals surface area contributed by atoms with Crippen molar-refractivity contribution in [3.05, 3.63) is 127 Å². The summed E-state index contributed by atoms with van der Waals surface area (Å²) in [4.78, 5) is 55.4. The van der Waals surface area contributed by atoms with Crippen molar-refractivity contribution in [2.24, 2.45) is 0 Å². The van der Waals surface area contributed by atoms with Crippen LogP contribution in [-0.4, -0.2) is 50.9 Å². The molecular weight excluding hydrogens is 584 g/mol. The van der Waals surface area contributed by atoms with Gasteiger partial charge >= 0.3 is 11.4 Å². The fraction of sp³-hybridized carbons (Fsp3) is 0. The summed E-state index contributed by atoms with van der Waals surface area (Å²) in [7, 11) is -5.17. The summed E-state index contributed by atoms with van der Waals surface area (Å²) in [6, 6.07) is 17.5. The van der Waals surface area contributed by atoms with Crippen LogP contribution in [0.15, 0.2) is 72.8 Å². The predicted octanol–water partition coefficient (Wildman–Crippen LogP) is 3.97. The first-order chi connectivity index (χ1) is 20.3. The molecule has 0 saturated carbocycles. The molecule has 0 atom stereocenters. The number of hydrogen-bond donors (Lipinski definition) is 2. The molecule has 0 amide bonds. The second-order valence-corrected chi connectivity index (χ2v) is 9.54. The summed E-state index contributed by atoms with van der Waals surface area (Å²) in [5.41, 5.74) is 0.715. The number of fused-ring (bicyclic) bond motifs is 4. The fourth-order valence-corrected chi connectivity index (χ4v) is 4.58. The molecule has 43 heavy (non-hydrogen) atoms. The number of ketones is 4. The Kier molecular flexibility index (Phi) is 7.91. The number of rotatable bonds is 0. The molecule has 0 aromatic heterocycles. The van der Waals surface area contributed by atoms with Crippen LogP contribution in [0.2, 0.25) is 0 Å². The number of diazo groups is 2. The highest BCUT2D eigenvalue weighted by Gasteiger charge is 2.38. The number of benzene rings is 4. The lowest BCUT2D eigenvalue weighted by molar-refractivity contribution is 0.0977. The third-order valence-electron chi connectivity index (χ3n) is 6.27. The largest absolute Gasteiger partial charge is 0.759 e. The van der Waals surface area contributed by atoms with Crippen LogP contribution >= 0.6 is 0 Å². The van der Waals surface area contributed by atoms with Crippen molar-refractivity contribution in [1.82, 2.24) is 0 Å². The molecule has 0 saturated heterocycles. The number of phenols is 2. The van der Waals surface area contributed by atoms with Gasteiger partial charge in [-0.25, -0.2) is 0 Å². The molecule has 0 bridgehead atoms. The normalized spacial score (nSPS) is 12.5. The number of phenolic OH excluding ortho intramolecular Hbond substituents is 2. The molecule has 14 nitrogen and oxygen atoms in total. The number of carbonyl (C=O) groups is 4. The van der Waals surface area contributed by atoms with Crippen LogP contribution in [0.1, 0.15) is 63.7 Å². The summed E-state index contributed by atoms with van der Waals surface area (Å²) < 4.78 is 34.1. The zero-order valence-electron chi connectivity index (χ0n) is 21.3. The zero-order valence-corrected chi connectivity index (χ0v) is 22.1. The van der Waals surface area contributed by atoms with Crippen molar-refractivity contribution in [2.75, 3.05) is 0 Å². The second kappa shape index (κ2) is 11.4. The SMILES string of the molecule is N#[N+]c1cccc2c1C(=O)c1cccc(O)c1C2=O.N#[N+]c1cccc2c1C(=O)c1cccc(O)c1C2=O.O=S(=O)([O-])[O-]. The summed E-state index contributed by atoms with van der Waals surface area (Å²) in [5, 5.41) is 37.3. The van der Waals surface area contributed by atoms with E-state index in [2.05, 4.69) is 9.95 Å². The minimum atomic E-state index is -5.17. The third-order valence-corrected chi connectivity index (χ3v) is 6.27. The summed E-state index contributed by atoms with van der Waals surface area (Å²) >= 11 is 0. The van der Waals surface area contributed by atoms with Gasteiger partial charge in [-0.05, 0) is 24.3 Å². The summed E-state index contributed by atoms with van der Waals surface area (Å²) in [5.74, 6) is -2.23. The van der Waals surface area contributed by atoms with E-state index in [0.717, 1.165) is 0 Å². The lowest BCUT2D eigenvalue weighted by Crippen LogP contribution is -2.20. The second-order valence-electron chi connectivity index (χ2n) is 8.72.